The number of carboxylic acids is 1. The van der Waals surface area contributed by atoms with Gasteiger partial charge in [0, 0.05) is 31.5 Å². The fourth-order valence-electron chi connectivity index (χ4n) is 3.23. The molecule has 2 heterocycles. The molecule has 1 fully saturated rings. The number of aliphatic hydroxyl groups is 1. The maximum Gasteiger partial charge on any atom is 0.338 e. The van der Waals surface area contributed by atoms with Crippen LogP contribution in [-0.2, 0) is 0 Å². The average Bonchev–Trinajstić information content (AvgIpc) is 2.75. The van der Waals surface area contributed by atoms with Crippen molar-refractivity contribution in [1.82, 2.24) is 15.3 Å². The lowest BCUT2D eigenvalue weighted by molar-refractivity contribution is 0.0696. The Kier molecular flexibility index (Phi) is 7.11. The maximum absolute atomic E-state index is 10.9. The van der Waals surface area contributed by atoms with Gasteiger partial charge in [0.15, 0.2) is 0 Å². The standard InChI is InChI=1S/C21H26N4O3/c26-15-19(7-6-16-4-2-1-3-5-16)22-12-17-8-10-25(11-9-17)21-23-13-18(14-24-21)20(27)28/h1-7,13-14,17,19,22,26H,8-12,15H2,(H,27,28)/b7-6+. The number of hydrogen-bond acceptors (Lipinski definition) is 6. The molecular weight excluding hydrogens is 356 g/mol. The number of anilines is 1. The molecule has 148 valence electrons. The molecule has 7 nitrogen and oxygen atoms in total. The first-order chi connectivity index (χ1) is 13.7. The first-order valence-corrected chi connectivity index (χ1v) is 9.53. The highest BCUT2D eigenvalue weighted by molar-refractivity contribution is 5.86. The molecule has 1 atom stereocenters. The second kappa shape index (κ2) is 9.96. The molecule has 1 unspecified atom stereocenters. The van der Waals surface area contributed by atoms with Crippen LogP contribution in [0.3, 0.4) is 0 Å². The largest absolute Gasteiger partial charge is 0.478 e. The quantitative estimate of drug-likeness (QED) is 0.643. The van der Waals surface area contributed by atoms with Crippen molar-refractivity contribution in [1.29, 1.82) is 0 Å². The maximum atomic E-state index is 10.9. The van der Waals surface area contributed by atoms with Crippen LogP contribution in [0.15, 0.2) is 48.8 Å². The minimum Gasteiger partial charge on any atom is -0.478 e. The Bertz CT molecular complexity index is 772. The summed E-state index contributed by atoms with van der Waals surface area (Å²) >= 11 is 0. The van der Waals surface area contributed by atoms with Crippen LogP contribution < -0.4 is 10.2 Å². The summed E-state index contributed by atoms with van der Waals surface area (Å²) in [7, 11) is 0. The van der Waals surface area contributed by atoms with E-state index in [0.29, 0.717) is 11.9 Å². The van der Waals surface area contributed by atoms with Gasteiger partial charge in [-0.25, -0.2) is 14.8 Å². The van der Waals surface area contributed by atoms with Crippen molar-refractivity contribution < 1.29 is 15.0 Å². The highest BCUT2D eigenvalue weighted by atomic mass is 16.4. The molecule has 2 aromatic rings. The van der Waals surface area contributed by atoms with E-state index in [1.165, 1.54) is 12.4 Å². The van der Waals surface area contributed by atoms with Gasteiger partial charge in [0.25, 0.3) is 0 Å². The predicted octanol–water partition coefficient (Wildman–Crippen LogP) is 2.06. The van der Waals surface area contributed by atoms with Gasteiger partial charge in [-0.2, -0.15) is 0 Å². The number of aromatic nitrogens is 2. The number of piperidine rings is 1. The van der Waals surface area contributed by atoms with Gasteiger partial charge >= 0.3 is 5.97 Å². The molecule has 0 bridgehead atoms. The molecule has 3 rings (SSSR count). The summed E-state index contributed by atoms with van der Waals surface area (Å²) in [6.07, 6.45) is 8.72. The van der Waals surface area contributed by atoms with E-state index in [4.69, 9.17) is 5.11 Å². The zero-order valence-corrected chi connectivity index (χ0v) is 15.7. The predicted molar refractivity (Wildman–Crippen MR) is 108 cm³/mol. The number of nitrogens with zero attached hydrogens (tertiary/aromatic N) is 3. The molecule has 7 heteroatoms. The van der Waals surface area contributed by atoms with Gasteiger partial charge in [-0.05, 0) is 30.9 Å². The van der Waals surface area contributed by atoms with E-state index in [2.05, 4.69) is 20.2 Å². The molecule has 1 aliphatic heterocycles. The summed E-state index contributed by atoms with van der Waals surface area (Å²) in [6, 6.07) is 9.97. The number of aliphatic hydroxyl groups excluding tert-OH is 1. The number of carboxylic acid groups (broad SMARTS) is 1. The number of rotatable bonds is 8. The van der Waals surface area contributed by atoms with E-state index in [1.54, 1.807) is 0 Å². The molecule has 0 saturated carbocycles. The fourth-order valence-corrected chi connectivity index (χ4v) is 3.23. The molecule has 1 aromatic heterocycles. The Labute approximate surface area is 164 Å². The Morgan fingerprint density at radius 1 is 1.21 bits per heavy atom. The fraction of sp³-hybridized carbons (Fsp3) is 0.381. The van der Waals surface area contributed by atoms with Crippen LogP contribution in [0.5, 0.6) is 0 Å². The topological polar surface area (TPSA) is 98.6 Å². The first kappa shape index (κ1) is 20.0. The summed E-state index contributed by atoms with van der Waals surface area (Å²) in [5.74, 6) is 0.0836. The van der Waals surface area contributed by atoms with E-state index < -0.39 is 5.97 Å². The summed E-state index contributed by atoms with van der Waals surface area (Å²) in [5.41, 5.74) is 1.21. The lowest BCUT2D eigenvalue weighted by Crippen LogP contribution is -2.41. The SMILES string of the molecule is O=C(O)c1cnc(N2CCC(CNC(/C=C/c3ccccc3)CO)CC2)nc1. The molecule has 0 radical (unpaired) electrons. The highest BCUT2D eigenvalue weighted by Gasteiger charge is 2.21. The number of hydrogen-bond donors (Lipinski definition) is 3. The van der Waals surface area contributed by atoms with Gasteiger partial charge in [-0.3, -0.25) is 0 Å². The monoisotopic (exact) mass is 382 g/mol. The highest BCUT2D eigenvalue weighted by Crippen LogP contribution is 2.20. The lowest BCUT2D eigenvalue weighted by Gasteiger charge is -2.32. The molecule has 0 aliphatic carbocycles. The van der Waals surface area contributed by atoms with Crippen LogP contribution in [0.1, 0.15) is 28.8 Å². The molecule has 1 aromatic carbocycles. The molecule has 1 saturated heterocycles. The third kappa shape index (κ3) is 5.61. The average molecular weight is 382 g/mol. The summed E-state index contributed by atoms with van der Waals surface area (Å²) in [4.78, 5) is 21.3. The zero-order chi connectivity index (χ0) is 19.8. The Hall–Kier alpha value is -2.77. The molecular formula is C21H26N4O3. The molecule has 3 N–H and O–H groups in total. The van der Waals surface area contributed by atoms with Crippen molar-refractivity contribution >= 4 is 18.0 Å². The van der Waals surface area contributed by atoms with Gasteiger partial charge in [0.1, 0.15) is 0 Å². The Balaban J connectivity index is 1.44. The molecule has 1 aliphatic rings. The first-order valence-electron chi connectivity index (χ1n) is 9.53. The molecule has 0 amide bonds. The Morgan fingerprint density at radius 2 is 1.89 bits per heavy atom. The van der Waals surface area contributed by atoms with Crippen molar-refractivity contribution in [3.05, 3.63) is 59.9 Å². The van der Waals surface area contributed by atoms with Gasteiger partial charge < -0.3 is 20.4 Å². The second-order valence-corrected chi connectivity index (χ2v) is 6.97. The normalized spacial score (nSPS) is 16.4. The van der Waals surface area contributed by atoms with Crippen molar-refractivity contribution in [2.24, 2.45) is 5.92 Å². The smallest absolute Gasteiger partial charge is 0.338 e. The minimum absolute atomic E-state index is 0.0615. The second-order valence-electron chi connectivity index (χ2n) is 6.97. The third-order valence-corrected chi connectivity index (χ3v) is 4.97. The van der Waals surface area contributed by atoms with Crippen LogP contribution >= 0.6 is 0 Å². The van der Waals surface area contributed by atoms with Gasteiger partial charge in [-0.15, -0.1) is 0 Å². The van der Waals surface area contributed by atoms with Gasteiger partial charge in [-0.1, -0.05) is 42.5 Å². The van der Waals surface area contributed by atoms with Crippen LogP contribution in [0, 0.1) is 5.92 Å². The van der Waals surface area contributed by atoms with Crippen molar-refractivity contribution in [3.63, 3.8) is 0 Å². The van der Waals surface area contributed by atoms with Gasteiger partial charge in [0.2, 0.25) is 5.95 Å². The number of carbonyl (C=O) groups is 1. The van der Waals surface area contributed by atoms with Gasteiger partial charge in [0.05, 0.1) is 12.2 Å². The number of benzene rings is 1. The van der Waals surface area contributed by atoms with E-state index in [-0.39, 0.29) is 18.2 Å². The van der Waals surface area contributed by atoms with Crippen LogP contribution in [0.25, 0.3) is 6.08 Å². The number of aromatic carboxylic acids is 1. The van der Waals surface area contributed by atoms with Crippen LogP contribution in [0.2, 0.25) is 0 Å². The van der Waals surface area contributed by atoms with Crippen molar-refractivity contribution in [2.75, 3.05) is 31.1 Å². The van der Waals surface area contributed by atoms with Crippen molar-refractivity contribution in [2.45, 2.75) is 18.9 Å². The van der Waals surface area contributed by atoms with E-state index in [0.717, 1.165) is 38.0 Å². The molecule has 0 spiro atoms. The van der Waals surface area contributed by atoms with E-state index >= 15 is 0 Å². The Morgan fingerprint density at radius 3 is 2.50 bits per heavy atom. The molecule has 28 heavy (non-hydrogen) atoms. The van der Waals surface area contributed by atoms with Crippen molar-refractivity contribution in [3.8, 4) is 0 Å². The zero-order valence-electron chi connectivity index (χ0n) is 15.7. The number of nitrogens with one attached hydrogen (secondary N) is 1. The lowest BCUT2D eigenvalue weighted by atomic mass is 9.96. The van der Waals surface area contributed by atoms with E-state index in [1.807, 2.05) is 42.5 Å². The summed E-state index contributed by atoms with van der Waals surface area (Å²) in [6.45, 7) is 2.58. The summed E-state index contributed by atoms with van der Waals surface area (Å²) in [5, 5.41) is 22.0. The van der Waals surface area contributed by atoms with Crippen LogP contribution in [-0.4, -0.2) is 58.4 Å². The van der Waals surface area contributed by atoms with E-state index in [9.17, 15) is 9.90 Å². The summed E-state index contributed by atoms with van der Waals surface area (Å²) < 4.78 is 0. The minimum atomic E-state index is -1.02. The third-order valence-electron chi connectivity index (χ3n) is 4.97. The van der Waals surface area contributed by atoms with Crippen LogP contribution in [0.4, 0.5) is 5.95 Å².